The molecule has 0 aliphatic heterocycles. The first kappa shape index (κ1) is 100. The molecule has 11 nitrogen and oxygen atoms in total. The van der Waals surface area contributed by atoms with Gasteiger partial charge in [0.2, 0.25) is 0 Å². The van der Waals surface area contributed by atoms with Crippen molar-refractivity contribution in [2.24, 2.45) is 176 Å². The molecule has 0 amide bonds. The predicted molar refractivity (Wildman–Crippen MR) is 466 cm³/mol. The maximum atomic E-state index is 5.68. The lowest BCUT2D eigenvalue weighted by molar-refractivity contribution is 0.186. The van der Waals surface area contributed by atoms with Gasteiger partial charge in [0.1, 0.15) is 0 Å². The average molecular weight is 1470 g/mol. The smallest absolute Gasteiger partial charge is 0.0183 e. The number of nitrogens with two attached hydrogens (primary N) is 11. The van der Waals surface area contributed by atoms with Crippen LogP contribution in [0.3, 0.4) is 0 Å². The summed E-state index contributed by atoms with van der Waals surface area (Å²) >= 11 is 0. The molecule has 11 heteroatoms. The van der Waals surface area contributed by atoms with Crippen LogP contribution >= 0.6 is 0 Å². The van der Waals surface area contributed by atoms with Crippen molar-refractivity contribution in [1.82, 2.24) is 0 Å². The Labute approximate surface area is 652 Å². The molecule has 8 aliphatic carbocycles. The van der Waals surface area contributed by atoms with Crippen LogP contribution < -0.4 is 63.1 Å². The Morgan fingerprint density at radius 2 is 0.705 bits per heavy atom. The van der Waals surface area contributed by atoms with Crippen LogP contribution in [-0.4, -0.2) is 52.4 Å². The molecule has 8 saturated carbocycles. The van der Waals surface area contributed by atoms with Gasteiger partial charge < -0.3 is 63.1 Å². The van der Waals surface area contributed by atoms with Crippen molar-refractivity contribution in [3.05, 3.63) is 105 Å². The fraction of sp³-hybridized carbons (Fsp3) is 0.809. The van der Waals surface area contributed by atoms with E-state index in [4.69, 9.17) is 63.1 Å². The summed E-state index contributed by atoms with van der Waals surface area (Å²) < 4.78 is 0. The molecule has 8 fully saturated rings. The topological polar surface area (TPSA) is 286 Å². The Hall–Kier alpha value is -2.78. The van der Waals surface area contributed by atoms with Gasteiger partial charge in [-0.1, -0.05) is 257 Å². The third-order valence-electron chi connectivity index (χ3n) is 26.7. The maximum absolute atomic E-state index is 5.68. The van der Waals surface area contributed by atoms with E-state index in [0.717, 1.165) is 165 Å². The van der Waals surface area contributed by atoms with Crippen LogP contribution in [0.4, 0.5) is 0 Å². The largest absolute Gasteiger partial charge is 0.330 e. The van der Waals surface area contributed by atoms with E-state index >= 15 is 0 Å². The van der Waals surface area contributed by atoms with Crippen LogP contribution in [0.5, 0.6) is 0 Å². The van der Waals surface area contributed by atoms with Gasteiger partial charge in [-0.05, 0) is 316 Å². The summed E-state index contributed by atoms with van der Waals surface area (Å²) in [7, 11) is 0. The summed E-state index contributed by atoms with van der Waals surface area (Å²) in [5, 5.41) is 0. The third kappa shape index (κ3) is 43.6. The van der Waals surface area contributed by atoms with Crippen molar-refractivity contribution < 1.29 is 0 Å². The van der Waals surface area contributed by atoms with Crippen LogP contribution in [0.25, 0.3) is 0 Å². The minimum absolute atomic E-state index is 0.640. The highest BCUT2D eigenvalue weighted by molar-refractivity contribution is 5.33. The highest BCUT2D eigenvalue weighted by atomic mass is 14.6. The number of benzene rings is 3. The first-order valence-corrected chi connectivity index (χ1v) is 44.0. The molecule has 612 valence electrons. The van der Waals surface area contributed by atoms with Crippen molar-refractivity contribution in [3.63, 3.8) is 0 Å². The Morgan fingerprint density at radius 3 is 1.13 bits per heavy atom. The van der Waals surface area contributed by atoms with Gasteiger partial charge in [-0.25, -0.2) is 0 Å². The highest BCUT2D eigenvalue weighted by Gasteiger charge is 2.28. The maximum Gasteiger partial charge on any atom is 0.0183 e. The van der Waals surface area contributed by atoms with Gasteiger partial charge in [-0.3, -0.25) is 0 Å². The van der Waals surface area contributed by atoms with Gasteiger partial charge in [0.05, 0.1) is 0 Å². The fourth-order valence-electron chi connectivity index (χ4n) is 18.1. The molecule has 22 N–H and O–H groups in total. The molecule has 8 aliphatic rings. The van der Waals surface area contributed by atoms with Crippen molar-refractivity contribution in [3.8, 4) is 0 Å². The molecule has 0 heterocycles. The van der Waals surface area contributed by atoms with E-state index in [-0.39, 0.29) is 0 Å². The van der Waals surface area contributed by atoms with Crippen LogP contribution in [0, 0.1) is 154 Å². The first-order valence-electron chi connectivity index (χ1n) is 44.0. The lowest BCUT2D eigenvalue weighted by Crippen LogP contribution is -2.31. The average Bonchev–Trinajstić information content (AvgIpc) is 0.869. The van der Waals surface area contributed by atoms with E-state index in [2.05, 4.69) is 172 Å². The van der Waals surface area contributed by atoms with E-state index in [1.165, 1.54) is 236 Å². The summed E-state index contributed by atoms with van der Waals surface area (Å²) in [5.74, 6) is 16.5. The van der Waals surface area contributed by atoms with Crippen LogP contribution in [0.15, 0.2) is 54.6 Å². The molecular weight excluding hydrogens is 1280 g/mol. The van der Waals surface area contributed by atoms with Gasteiger partial charge in [-0.15, -0.1) is 0 Å². The first-order chi connectivity index (χ1) is 50.1. The Bertz CT molecular complexity index is 2470. The van der Waals surface area contributed by atoms with Crippen molar-refractivity contribution in [2.75, 3.05) is 52.4 Å². The second-order valence-electron chi connectivity index (χ2n) is 36.0. The van der Waals surface area contributed by atoms with Crippen molar-refractivity contribution in [2.45, 2.75) is 324 Å². The summed E-state index contributed by atoms with van der Waals surface area (Å²) in [6.07, 6.45) is 40.5. The number of aryl methyl sites for hydroxylation is 6. The Morgan fingerprint density at radius 1 is 0.267 bits per heavy atom. The Kier molecular flexibility index (Phi) is 57.2. The van der Waals surface area contributed by atoms with E-state index in [1.807, 2.05) is 0 Å². The quantitative estimate of drug-likeness (QED) is 0.0858. The molecule has 11 rings (SSSR count). The lowest BCUT2D eigenvalue weighted by atomic mass is 9.74. The fourth-order valence-corrected chi connectivity index (χ4v) is 18.1. The van der Waals surface area contributed by atoms with Gasteiger partial charge in [0.15, 0.2) is 0 Å². The number of hydrogen-bond donors (Lipinski definition) is 11. The Balaban J connectivity index is 0.000000578. The van der Waals surface area contributed by atoms with Crippen LogP contribution in [-0.2, 0) is 19.6 Å². The number of rotatable bonds is 11. The zero-order valence-electron chi connectivity index (χ0n) is 72.3. The van der Waals surface area contributed by atoms with Gasteiger partial charge in [0, 0.05) is 19.6 Å². The minimum Gasteiger partial charge on any atom is -0.330 e. The SMILES string of the molecule is CC1CCC(C)C(CN)C1.CC1CCC(CN)C(C)C1.CC1CCC(CN)CC1.CC1CCCC(C)C1CN.CC1CCCC(CN)C1.CC1CCCC(CN)C1C.CC1CCCCC1CN.Cc1cc(C)cc(CN)c1.Cc1ccc(CN)cc1C.Cc1cccc(C)c1CN.NCC1CCCCC1. The number of hydrogen-bond acceptors (Lipinski definition) is 11. The van der Waals surface area contributed by atoms with Crippen LogP contribution in [0.2, 0.25) is 0 Å². The molecule has 0 spiro atoms. The molecule has 0 radical (unpaired) electrons. The monoisotopic (exact) mass is 1460 g/mol. The predicted octanol–water partition coefficient (Wildman–Crippen LogP) is 20.2. The van der Waals surface area contributed by atoms with E-state index < -0.39 is 0 Å². The third-order valence-corrected chi connectivity index (χ3v) is 26.7. The standard InChI is InChI=1S/2C9H13N.4C9H19N.C9H13N.3C8H17N.C7H15N/c1-7-3-8(2)5-9(4-7)6-10;1-7-3-4-9(6-10)5-8(7)2;1-7-3-4-9(6-10)8(2)5-7;1-7-3-4-8(2)9(5-7)6-10;1-7-4-3-5-9(6-10)8(7)2;2*1-7-4-3-5-8(2)9(7)6-10;1-7-2-4-8(6-9)5-3-7;1-7-3-2-4-8(5-7)6-9;1-7-4-2-3-5-8(7)6-9;8-6-7-4-2-1-3-5-7/h2*3-5H,6,10H2,1-2H3;4*7-9H,3-6,10H2,1-2H3;3-5H,6,10H2,1-2H3;3*7-8H,2-6,9H2,1H3;7H,1-6,8H2. The zero-order chi connectivity index (χ0) is 78.8. The molecule has 0 saturated heterocycles. The summed E-state index contributed by atoms with van der Waals surface area (Å²) in [6.45, 7) is 47.5. The lowest BCUT2D eigenvalue weighted by Gasteiger charge is -2.33. The summed E-state index contributed by atoms with van der Waals surface area (Å²) in [6, 6.07) is 18.9. The molecule has 0 aromatic heterocycles. The van der Waals surface area contributed by atoms with Gasteiger partial charge in [-0.2, -0.15) is 0 Å². The zero-order valence-corrected chi connectivity index (χ0v) is 72.3. The van der Waals surface area contributed by atoms with Gasteiger partial charge >= 0.3 is 0 Å². The van der Waals surface area contributed by atoms with E-state index in [9.17, 15) is 0 Å². The second kappa shape index (κ2) is 60.0. The second-order valence-corrected chi connectivity index (χ2v) is 36.0. The highest BCUT2D eigenvalue weighted by Crippen LogP contribution is 2.37. The molecule has 0 bridgehead atoms. The normalized spacial score (nSPS) is 29.9. The molecule has 3 aromatic rings. The molecule has 3 aromatic carbocycles. The van der Waals surface area contributed by atoms with Crippen molar-refractivity contribution >= 4 is 0 Å². The molecule has 15 unspecified atom stereocenters. The van der Waals surface area contributed by atoms with Crippen molar-refractivity contribution in [1.29, 1.82) is 0 Å². The van der Waals surface area contributed by atoms with E-state index in [0.29, 0.717) is 19.6 Å². The summed E-state index contributed by atoms with van der Waals surface area (Å²) in [4.78, 5) is 0. The summed E-state index contributed by atoms with van der Waals surface area (Å²) in [5.41, 5.74) is 72.9. The molecule has 105 heavy (non-hydrogen) atoms. The minimum atomic E-state index is 0.640. The molecule has 15 atom stereocenters. The van der Waals surface area contributed by atoms with Gasteiger partial charge in [0.25, 0.3) is 0 Å². The van der Waals surface area contributed by atoms with E-state index in [1.54, 1.807) is 0 Å². The van der Waals surface area contributed by atoms with Crippen LogP contribution in [0.1, 0.15) is 312 Å². The molecular formula is C94H181N11.